The van der Waals surface area contributed by atoms with Crippen molar-refractivity contribution in [2.24, 2.45) is 5.92 Å². The average molecular weight is 334 g/mol. The van der Waals surface area contributed by atoms with Crippen LogP contribution in [0.2, 0.25) is 0 Å². The van der Waals surface area contributed by atoms with Gasteiger partial charge in [0, 0.05) is 37.0 Å². The minimum atomic E-state index is -0.00724. The standard InChI is InChI=1S/C17H22N2O3S/c1-11-8-14(11)15-5-4-13(22-15)9-18(3)16(20)6-7-19-12(2)10-23-17(19)21/h4-5,10-11,14H,6-9H2,1-3H3/t11-,14-/m0/s1. The fraction of sp³-hybridized carbons (Fsp3) is 0.529. The van der Waals surface area contributed by atoms with Gasteiger partial charge in [-0.3, -0.25) is 9.59 Å². The average Bonchev–Trinajstić information content (AvgIpc) is 2.92. The third-order valence-corrected chi connectivity index (χ3v) is 5.38. The normalized spacial score (nSPS) is 19.8. The second-order valence-corrected chi connectivity index (χ2v) is 7.24. The first-order valence-electron chi connectivity index (χ1n) is 7.93. The van der Waals surface area contributed by atoms with Crippen molar-refractivity contribution in [3.8, 4) is 0 Å². The zero-order chi connectivity index (χ0) is 16.6. The highest BCUT2D eigenvalue weighted by Crippen LogP contribution is 2.47. The Morgan fingerprint density at radius 1 is 1.48 bits per heavy atom. The van der Waals surface area contributed by atoms with E-state index in [9.17, 15) is 9.59 Å². The van der Waals surface area contributed by atoms with E-state index in [1.54, 1.807) is 16.5 Å². The van der Waals surface area contributed by atoms with Gasteiger partial charge >= 0.3 is 4.87 Å². The number of furan rings is 1. The molecule has 1 amide bonds. The summed E-state index contributed by atoms with van der Waals surface area (Å²) in [6.45, 7) is 5.00. The third kappa shape index (κ3) is 3.58. The molecule has 0 bridgehead atoms. The van der Waals surface area contributed by atoms with Crippen LogP contribution in [0.25, 0.3) is 0 Å². The van der Waals surface area contributed by atoms with E-state index in [1.807, 2.05) is 24.4 Å². The van der Waals surface area contributed by atoms with Crippen molar-refractivity contribution in [3.05, 3.63) is 44.4 Å². The van der Waals surface area contributed by atoms with Crippen molar-refractivity contribution >= 4 is 17.2 Å². The minimum Gasteiger partial charge on any atom is -0.464 e. The van der Waals surface area contributed by atoms with Gasteiger partial charge in [-0.1, -0.05) is 18.3 Å². The molecule has 1 saturated carbocycles. The summed E-state index contributed by atoms with van der Waals surface area (Å²) in [5, 5.41) is 1.82. The van der Waals surface area contributed by atoms with E-state index >= 15 is 0 Å². The van der Waals surface area contributed by atoms with Crippen molar-refractivity contribution in [1.29, 1.82) is 0 Å². The number of hydrogen-bond donors (Lipinski definition) is 0. The summed E-state index contributed by atoms with van der Waals surface area (Å²) in [6.07, 6.45) is 1.51. The monoisotopic (exact) mass is 334 g/mol. The van der Waals surface area contributed by atoms with Crippen LogP contribution in [0.15, 0.2) is 26.7 Å². The maximum Gasteiger partial charge on any atom is 0.307 e. The molecule has 0 aromatic carbocycles. The Bertz CT molecular complexity index is 758. The molecule has 0 unspecified atom stereocenters. The Hall–Kier alpha value is -1.82. The van der Waals surface area contributed by atoms with Crippen LogP contribution in [0.5, 0.6) is 0 Å². The second kappa shape index (κ2) is 6.35. The molecule has 2 atom stereocenters. The van der Waals surface area contributed by atoms with Crippen LogP contribution in [-0.4, -0.2) is 22.4 Å². The van der Waals surface area contributed by atoms with Gasteiger partial charge in [0.2, 0.25) is 5.91 Å². The van der Waals surface area contributed by atoms with Crippen LogP contribution < -0.4 is 4.87 Å². The zero-order valence-electron chi connectivity index (χ0n) is 13.7. The van der Waals surface area contributed by atoms with E-state index in [0.717, 1.165) is 17.2 Å². The number of carbonyl (C=O) groups is 1. The predicted molar refractivity (Wildman–Crippen MR) is 89.6 cm³/mol. The van der Waals surface area contributed by atoms with E-state index in [4.69, 9.17) is 4.42 Å². The molecule has 124 valence electrons. The highest BCUT2D eigenvalue weighted by molar-refractivity contribution is 7.07. The molecule has 0 aliphatic heterocycles. The molecule has 2 heterocycles. The molecular weight excluding hydrogens is 312 g/mol. The van der Waals surface area contributed by atoms with Crippen molar-refractivity contribution in [3.63, 3.8) is 0 Å². The van der Waals surface area contributed by atoms with Gasteiger partial charge in [-0.15, -0.1) is 0 Å². The third-order valence-electron chi connectivity index (χ3n) is 4.50. The molecule has 3 rings (SSSR count). The molecule has 1 aliphatic carbocycles. The summed E-state index contributed by atoms with van der Waals surface area (Å²) in [6, 6.07) is 3.98. The molecule has 5 nitrogen and oxygen atoms in total. The number of thiazole rings is 1. The van der Waals surface area contributed by atoms with Crippen molar-refractivity contribution in [2.45, 2.75) is 45.7 Å². The van der Waals surface area contributed by atoms with Gasteiger partial charge in [0.15, 0.2) is 0 Å². The number of hydrogen-bond acceptors (Lipinski definition) is 4. The topological polar surface area (TPSA) is 55.5 Å². The SMILES string of the molecule is Cc1csc(=O)n1CCC(=O)N(C)Cc1ccc([C@H]2C[C@@H]2C)o1. The summed E-state index contributed by atoms with van der Waals surface area (Å²) in [7, 11) is 1.77. The summed E-state index contributed by atoms with van der Waals surface area (Å²) < 4.78 is 7.49. The molecular formula is C17H22N2O3S. The van der Waals surface area contributed by atoms with Crippen LogP contribution in [0.4, 0.5) is 0 Å². The lowest BCUT2D eigenvalue weighted by molar-refractivity contribution is -0.130. The summed E-state index contributed by atoms with van der Waals surface area (Å²) in [5.41, 5.74) is 0.907. The second-order valence-electron chi connectivity index (χ2n) is 6.42. The number of aryl methyl sites for hydroxylation is 1. The van der Waals surface area contributed by atoms with Gasteiger partial charge in [-0.25, -0.2) is 0 Å². The highest BCUT2D eigenvalue weighted by Gasteiger charge is 2.36. The first kappa shape index (κ1) is 16.1. The van der Waals surface area contributed by atoms with E-state index in [-0.39, 0.29) is 10.8 Å². The number of carbonyl (C=O) groups excluding carboxylic acids is 1. The fourth-order valence-electron chi connectivity index (χ4n) is 2.79. The molecule has 1 fully saturated rings. The Morgan fingerprint density at radius 2 is 2.22 bits per heavy atom. The van der Waals surface area contributed by atoms with Gasteiger partial charge in [0.25, 0.3) is 0 Å². The number of nitrogens with zero attached hydrogens (tertiary/aromatic N) is 2. The fourth-order valence-corrected chi connectivity index (χ4v) is 3.55. The van der Waals surface area contributed by atoms with Crippen LogP contribution >= 0.6 is 11.3 Å². The molecule has 0 spiro atoms. The number of amides is 1. The zero-order valence-corrected chi connectivity index (χ0v) is 14.6. The molecule has 0 saturated heterocycles. The first-order valence-corrected chi connectivity index (χ1v) is 8.81. The Balaban J connectivity index is 1.53. The molecule has 0 N–H and O–H groups in total. The van der Waals surface area contributed by atoms with E-state index in [2.05, 4.69) is 6.92 Å². The van der Waals surface area contributed by atoms with Crippen LogP contribution in [0, 0.1) is 12.8 Å². The van der Waals surface area contributed by atoms with Gasteiger partial charge in [-0.2, -0.15) is 0 Å². The Labute approximate surface area is 139 Å². The van der Waals surface area contributed by atoms with Crippen molar-refractivity contribution in [2.75, 3.05) is 7.05 Å². The lowest BCUT2D eigenvalue weighted by Crippen LogP contribution is -2.28. The summed E-state index contributed by atoms with van der Waals surface area (Å²) in [4.78, 5) is 25.5. The minimum absolute atomic E-state index is 0.00724. The summed E-state index contributed by atoms with van der Waals surface area (Å²) in [5.74, 6) is 3.13. The molecule has 6 heteroatoms. The molecule has 1 aliphatic rings. The largest absolute Gasteiger partial charge is 0.464 e. The van der Waals surface area contributed by atoms with E-state index in [0.29, 0.717) is 31.3 Å². The lowest BCUT2D eigenvalue weighted by Gasteiger charge is -2.16. The first-order chi connectivity index (χ1) is 11.0. The van der Waals surface area contributed by atoms with Gasteiger partial charge in [0.05, 0.1) is 6.54 Å². The lowest BCUT2D eigenvalue weighted by atomic mass is 10.3. The van der Waals surface area contributed by atoms with Crippen molar-refractivity contribution in [1.82, 2.24) is 9.47 Å². The Kier molecular flexibility index (Phi) is 4.43. The smallest absolute Gasteiger partial charge is 0.307 e. The molecule has 0 radical (unpaired) electrons. The molecule has 2 aromatic rings. The van der Waals surface area contributed by atoms with Crippen LogP contribution in [-0.2, 0) is 17.9 Å². The molecule has 23 heavy (non-hydrogen) atoms. The maximum atomic E-state index is 12.2. The van der Waals surface area contributed by atoms with E-state index in [1.165, 1.54) is 17.8 Å². The number of rotatable bonds is 6. The quantitative estimate of drug-likeness (QED) is 0.816. The van der Waals surface area contributed by atoms with Crippen LogP contribution in [0.3, 0.4) is 0 Å². The predicted octanol–water partition coefficient (Wildman–Crippen LogP) is 2.98. The van der Waals surface area contributed by atoms with Crippen LogP contribution in [0.1, 0.15) is 42.9 Å². The van der Waals surface area contributed by atoms with E-state index < -0.39 is 0 Å². The van der Waals surface area contributed by atoms with Crippen molar-refractivity contribution < 1.29 is 9.21 Å². The highest BCUT2D eigenvalue weighted by atomic mass is 32.1. The Morgan fingerprint density at radius 3 is 2.83 bits per heavy atom. The van der Waals surface area contributed by atoms with Gasteiger partial charge < -0.3 is 13.9 Å². The van der Waals surface area contributed by atoms with Gasteiger partial charge in [0.1, 0.15) is 11.5 Å². The number of aromatic nitrogens is 1. The van der Waals surface area contributed by atoms with Gasteiger partial charge in [-0.05, 0) is 31.4 Å². The molecule has 2 aromatic heterocycles. The maximum absolute atomic E-state index is 12.2. The summed E-state index contributed by atoms with van der Waals surface area (Å²) >= 11 is 1.17.